The average Bonchev–Trinajstić information content (AvgIpc) is 3.23. The van der Waals surface area contributed by atoms with Crippen LogP contribution in [0.1, 0.15) is 19.4 Å². The quantitative estimate of drug-likeness (QED) is 0.399. The molecule has 3 heterocycles. The van der Waals surface area contributed by atoms with E-state index < -0.39 is 17.8 Å². The lowest BCUT2D eigenvalue weighted by Gasteiger charge is -2.17. The van der Waals surface area contributed by atoms with E-state index in [9.17, 15) is 18.0 Å². The number of aromatic nitrogens is 5. The molecule has 1 N–H and O–H groups in total. The third-order valence-corrected chi connectivity index (χ3v) is 5.34. The molecule has 0 bridgehead atoms. The Kier molecular flexibility index (Phi) is 6.47. The second-order valence-electron chi connectivity index (χ2n) is 7.47. The van der Waals surface area contributed by atoms with Crippen LogP contribution in [0.15, 0.2) is 53.7 Å². The van der Waals surface area contributed by atoms with Gasteiger partial charge in [-0.3, -0.25) is 9.36 Å². The number of nitrogens with one attached hydrogen (secondary N) is 1. The summed E-state index contributed by atoms with van der Waals surface area (Å²) in [5.41, 5.74) is 1.64. The molecule has 4 aromatic rings. The summed E-state index contributed by atoms with van der Waals surface area (Å²) >= 11 is 5.99. The number of hydrogen-bond donors (Lipinski definition) is 1. The van der Waals surface area contributed by atoms with Gasteiger partial charge in [0.2, 0.25) is 11.8 Å². The number of anilines is 2. The second kappa shape index (κ2) is 9.34. The molecule has 178 valence electrons. The first-order chi connectivity index (χ1) is 16.2. The molecule has 1 atom stereocenters. The molecule has 34 heavy (non-hydrogen) atoms. The Morgan fingerprint density at radius 2 is 1.88 bits per heavy atom. The smallest absolute Gasteiger partial charge is 0.425 e. The van der Waals surface area contributed by atoms with Gasteiger partial charge in [-0.25, -0.2) is 9.97 Å². The van der Waals surface area contributed by atoms with Gasteiger partial charge in [-0.1, -0.05) is 23.7 Å². The molecule has 8 nitrogen and oxygen atoms in total. The number of halogens is 4. The van der Waals surface area contributed by atoms with E-state index in [4.69, 9.17) is 16.3 Å². The van der Waals surface area contributed by atoms with E-state index in [-0.39, 0.29) is 11.8 Å². The molecule has 0 spiro atoms. The van der Waals surface area contributed by atoms with Gasteiger partial charge in [-0.05, 0) is 37.6 Å². The van der Waals surface area contributed by atoms with E-state index in [0.717, 1.165) is 12.5 Å². The molecule has 0 radical (unpaired) electrons. The van der Waals surface area contributed by atoms with Crippen molar-refractivity contribution in [2.75, 3.05) is 5.32 Å². The van der Waals surface area contributed by atoms with Crippen LogP contribution < -0.4 is 15.6 Å². The lowest BCUT2D eigenvalue weighted by Crippen LogP contribution is -2.31. The molecule has 4 rings (SSSR count). The lowest BCUT2D eigenvalue weighted by molar-refractivity contribution is -0.189. The monoisotopic (exact) mass is 492 g/mol. The molecule has 0 saturated carbocycles. The van der Waals surface area contributed by atoms with Gasteiger partial charge in [0, 0.05) is 17.6 Å². The van der Waals surface area contributed by atoms with Crippen molar-refractivity contribution in [1.82, 2.24) is 24.1 Å². The highest BCUT2D eigenvalue weighted by Gasteiger charge is 2.38. The molecule has 0 aliphatic heterocycles. The van der Waals surface area contributed by atoms with Crippen molar-refractivity contribution in [3.63, 3.8) is 0 Å². The maximum Gasteiger partial charge on any atom is 0.425 e. The molecule has 3 aromatic heterocycles. The van der Waals surface area contributed by atoms with Crippen LogP contribution in [0.5, 0.6) is 5.88 Å². The maximum atomic E-state index is 12.8. The third kappa shape index (κ3) is 4.98. The summed E-state index contributed by atoms with van der Waals surface area (Å²) in [6, 6.07) is 10.00. The van der Waals surface area contributed by atoms with E-state index in [2.05, 4.69) is 20.3 Å². The Bertz CT molecular complexity index is 1350. The summed E-state index contributed by atoms with van der Waals surface area (Å²) < 4.78 is 46.4. The minimum absolute atomic E-state index is 0.181. The number of ether oxygens (including phenoxy) is 1. The Labute approximate surface area is 197 Å². The summed E-state index contributed by atoms with van der Waals surface area (Å²) in [4.78, 5) is 25.3. The summed E-state index contributed by atoms with van der Waals surface area (Å²) in [5, 5.41) is 3.60. The molecular weight excluding hydrogens is 473 g/mol. The molecule has 0 amide bonds. The summed E-state index contributed by atoms with van der Waals surface area (Å²) in [6.45, 7) is 3.67. The van der Waals surface area contributed by atoms with E-state index in [1.807, 2.05) is 19.1 Å². The number of fused-ring (bicyclic) bond motifs is 1. The molecule has 12 heteroatoms. The standard InChI is InChI=1S/C22H20ClF3N6O2/c1-3-31-12-28-19-18(31)20(33)30-21(32(19)11-14-4-6-15(23)7-5-14)29-16-8-9-17(27-10-16)34-13(2)22(24,25)26/h4-10,12-13H,3,11H2,1-2H3,(H,29,30,33). The van der Waals surface area contributed by atoms with Gasteiger partial charge in [0.15, 0.2) is 17.3 Å². The SMILES string of the molecule is CCn1cnc2c1c(=O)nc(Nc1ccc(OC(C)C(F)(F)F)nc1)n2Cc1ccc(Cl)cc1. The van der Waals surface area contributed by atoms with Crippen molar-refractivity contribution < 1.29 is 17.9 Å². The second-order valence-corrected chi connectivity index (χ2v) is 7.90. The number of imidazole rings is 1. The van der Waals surface area contributed by atoms with Crippen LogP contribution >= 0.6 is 11.6 Å². The molecular formula is C22H20ClF3N6O2. The summed E-state index contributed by atoms with van der Waals surface area (Å²) in [7, 11) is 0. The van der Waals surface area contributed by atoms with Crippen LogP contribution in [-0.2, 0) is 13.1 Å². The first kappa shape index (κ1) is 23.6. The highest BCUT2D eigenvalue weighted by atomic mass is 35.5. The summed E-state index contributed by atoms with van der Waals surface area (Å²) in [6.07, 6.45) is -3.63. The summed E-state index contributed by atoms with van der Waals surface area (Å²) in [5.74, 6) is 0.0203. The fraction of sp³-hybridized carbons (Fsp3) is 0.273. The Hall–Kier alpha value is -3.60. The van der Waals surface area contributed by atoms with Gasteiger partial charge in [0.05, 0.1) is 24.8 Å². The first-order valence-electron chi connectivity index (χ1n) is 10.3. The first-order valence-corrected chi connectivity index (χ1v) is 10.7. The van der Waals surface area contributed by atoms with Crippen molar-refractivity contribution in [3.8, 4) is 5.88 Å². The highest BCUT2D eigenvalue weighted by molar-refractivity contribution is 6.30. The zero-order valence-electron chi connectivity index (χ0n) is 18.2. The number of nitrogens with zero attached hydrogens (tertiary/aromatic N) is 5. The minimum Gasteiger partial charge on any atom is -0.465 e. The zero-order valence-corrected chi connectivity index (χ0v) is 18.9. The van der Waals surface area contributed by atoms with Gasteiger partial charge >= 0.3 is 11.7 Å². The van der Waals surface area contributed by atoms with Gasteiger partial charge in [0.25, 0.3) is 0 Å². The van der Waals surface area contributed by atoms with Gasteiger partial charge in [0.1, 0.15) is 0 Å². The minimum atomic E-state index is -4.50. The predicted molar refractivity (Wildman–Crippen MR) is 122 cm³/mol. The molecule has 0 fully saturated rings. The van der Waals surface area contributed by atoms with E-state index in [1.165, 1.54) is 18.3 Å². The molecule has 0 aliphatic rings. The largest absolute Gasteiger partial charge is 0.465 e. The number of rotatable bonds is 7. The maximum absolute atomic E-state index is 12.8. The van der Waals surface area contributed by atoms with E-state index >= 15 is 0 Å². The number of hydrogen-bond acceptors (Lipinski definition) is 6. The number of pyridine rings is 1. The van der Waals surface area contributed by atoms with Gasteiger partial charge < -0.3 is 14.6 Å². The van der Waals surface area contributed by atoms with Crippen LogP contribution in [0.2, 0.25) is 5.02 Å². The van der Waals surface area contributed by atoms with Crippen molar-refractivity contribution in [3.05, 3.63) is 69.9 Å². The van der Waals surface area contributed by atoms with Gasteiger partial charge in [-0.15, -0.1) is 0 Å². The Balaban J connectivity index is 1.69. The number of benzene rings is 1. The van der Waals surface area contributed by atoms with Crippen molar-refractivity contribution in [2.24, 2.45) is 0 Å². The van der Waals surface area contributed by atoms with Gasteiger partial charge in [-0.2, -0.15) is 18.2 Å². The number of aryl methyl sites for hydroxylation is 1. The Morgan fingerprint density at radius 3 is 2.50 bits per heavy atom. The predicted octanol–water partition coefficient (Wildman–Crippen LogP) is 4.78. The zero-order chi connectivity index (χ0) is 24.5. The third-order valence-electron chi connectivity index (χ3n) is 5.09. The van der Waals surface area contributed by atoms with Crippen molar-refractivity contribution >= 4 is 34.4 Å². The number of alkyl halides is 3. The fourth-order valence-electron chi connectivity index (χ4n) is 3.26. The van der Waals surface area contributed by atoms with Crippen LogP contribution in [-0.4, -0.2) is 36.4 Å². The Morgan fingerprint density at radius 1 is 1.15 bits per heavy atom. The molecule has 0 saturated heterocycles. The highest BCUT2D eigenvalue weighted by Crippen LogP contribution is 2.25. The average molecular weight is 493 g/mol. The molecule has 0 aliphatic carbocycles. The normalized spacial score (nSPS) is 12.6. The van der Waals surface area contributed by atoms with Crippen LogP contribution in [0.3, 0.4) is 0 Å². The van der Waals surface area contributed by atoms with Crippen LogP contribution in [0.4, 0.5) is 24.8 Å². The lowest BCUT2D eigenvalue weighted by atomic mass is 10.2. The fourth-order valence-corrected chi connectivity index (χ4v) is 3.38. The molecule has 1 unspecified atom stereocenters. The van der Waals surface area contributed by atoms with Crippen molar-refractivity contribution in [2.45, 2.75) is 39.2 Å². The molecule has 1 aromatic carbocycles. The van der Waals surface area contributed by atoms with E-state index in [0.29, 0.717) is 35.0 Å². The van der Waals surface area contributed by atoms with E-state index in [1.54, 1.807) is 27.6 Å². The van der Waals surface area contributed by atoms with Crippen LogP contribution in [0, 0.1) is 0 Å². The van der Waals surface area contributed by atoms with Crippen LogP contribution in [0.25, 0.3) is 11.2 Å². The van der Waals surface area contributed by atoms with Crippen molar-refractivity contribution in [1.29, 1.82) is 0 Å². The topological polar surface area (TPSA) is 86.9 Å².